The SMILES string of the molecule is CC(C)(C)c1cc(-c2nnc([S])s2)cc(C(C)(C)C)c1O. The normalized spacial score (nSPS) is 12.7. The number of rotatable bonds is 1. The van der Waals surface area contributed by atoms with E-state index in [0.717, 1.165) is 21.7 Å². The summed E-state index contributed by atoms with van der Waals surface area (Å²) in [4.78, 5) is 0. The first-order valence-electron chi connectivity index (χ1n) is 6.89. The Hall–Kier alpha value is -1.20. The van der Waals surface area contributed by atoms with Crippen molar-refractivity contribution in [1.82, 2.24) is 10.2 Å². The Morgan fingerprint density at radius 3 is 1.76 bits per heavy atom. The third-order valence-corrected chi connectivity index (χ3v) is 4.48. The number of hydrogen-bond donors (Lipinski definition) is 1. The number of hydrogen-bond acceptors (Lipinski definition) is 4. The van der Waals surface area contributed by atoms with Gasteiger partial charge in [0.2, 0.25) is 4.34 Å². The molecule has 0 spiro atoms. The Labute approximate surface area is 135 Å². The number of nitrogens with zero attached hydrogens (tertiary/aromatic N) is 2. The van der Waals surface area contributed by atoms with Crippen molar-refractivity contribution >= 4 is 24.0 Å². The summed E-state index contributed by atoms with van der Waals surface area (Å²) in [5.41, 5.74) is 2.51. The van der Waals surface area contributed by atoms with Crippen LogP contribution in [0, 0.1) is 0 Å². The van der Waals surface area contributed by atoms with E-state index in [1.807, 2.05) is 12.1 Å². The molecule has 113 valence electrons. The fourth-order valence-electron chi connectivity index (χ4n) is 2.23. The topological polar surface area (TPSA) is 46.0 Å². The first kappa shape index (κ1) is 16.2. The van der Waals surface area contributed by atoms with Crippen molar-refractivity contribution in [1.29, 1.82) is 0 Å². The Bertz CT molecular complexity index is 629. The summed E-state index contributed by atoms with van der Waals surface area (Å²) in [5.74, 6) is 0.377. The molecule has 0 saturated carbocycles. The lowest BCUT2D eigenvalue weighted by atomic mass is 9.78. The molecule has 1 N–H and O–H groups in total. The maximum atomic E-state index is 10.7. The Morgan fingerprint density at radius 1 is 0.952 bits per heavy atom. The number of aromatic hydroxyl groups is 1. The van der Waals surface area contributed by atoms with Gasteiger partial charge in [-0.3, -0.25) is 0 Å². The number of phenols is 1. The van der Waals surface area contributed by atoms with Crippen LogP contribution in [0.1, 0.15) is 52.7 Å². The molecule has 0 aliphatic heterocycles. The quantitative estimate of drug-likeness (QED) is 0.798. The largest absolute Gasteiger partial charge is 0.507 e. The van der Waals surface area contributed by atoms with Crippen molar-refractivity contribution in [3.63, 3.8) is 0 Å². The van der Waals surface area contributed by atoms with E-state index < -0.39 is 0 Å². The van der Waals surface area contributed by atoms with Crippen LogP contribution in [0.25, 0.3) is 10.6 Å². The molecule has 5 heteroatoms. The molecular formula is C16H21N2OS2. The minimum Gasteiger partial charge on any atom is -0.507 e. The molecule has 3 nitrogen and oxygen atoms in total. The Morgan fingerprint density at radius 2 is 1.43 bits per heavy atom. The summed E-state index contributed by atoms with van der Waals surface area (Å²) in [6.07, 6.45) is 0. The number of phenolic OH excluding ortho intramolecular Hbond substituents is 1. The summed E-state index contributed by atoms with van der Waals surface area (Å²) >= 11 is 6.46. The van der Waals surface area contributed by atoms with Crippen LogP contribution < -0.4 is 0 Å². The molecule has 1 heterocycles. The van der Waals surface area contributed by atoms with Crippen molar-refractivity contribution in [3.8, 4) is 16.3 Å². The average Bonchev–Trinajstić information content (AvgIpc) is 2.73. The van der Waals surface area contributed by atoms with Crippen molar-refractivity contribution in [2.24, 2.45) is 0 Å². The van der Waals surface area contributed by atoms with Gasteiger partial charge in [0.15, 0.2) is 0 Å². The van der Waals surface area contributed by atoms with Crippen LogP contribution in [-0.2, 0) is 10.8 Å². The van der Waals surface area contributed by atoms with Gasteiger partial charge in [0.1, 0.15) is 10.8 Å². The van der Waals surface area contributed by atoms with E-state index >= 15 is 0 Å². The second kappa shape index (κ2) is 5.21. The van der Waals surface area contributed by atoms with Crippen LogP contribution in [0.15, 0.2) is 16.5 Å². The van der Waals surface area contributed by atoms with Gasteiger partial charge in [-0.2, -0.15) is 0 Å². The third-order valence-electron chi connectivity index (χ3n) is 3.38. The van der Waals surface area contributed by atoms with Crippen molar-refractivity contribution in [2.75, 3.05) is 0 Å². The van der Waals surface area contributed by atoms with Gasteiger partial charge < -0.3 is 5.11 Å². The molecule has 2 aromatic rings. The molecule has 2 rings (SSSR count). The maximum Gasteiger partial charge on any atom is 0.204 e. The minimum atomic E-state index is -0.151. The van der Waals surface area contributed by atoms with Gasteiger partial charge >= 0.3 is 0 Å². The molecule has 0 aliphatic carbocycles. The molecule has 0 unspecified atom stereocenters. The first-order chi connectivity index (χ1) is 9.50. The molecule has 0 atom stereocenters. The maximum absolute atomic E-state index is 10.7. The smallest absolute Gasteiger partial charge is 0.204 e. The monoisotopic (exact) mass is 321 g/mol. The van der Waals surface area contributed by atoms with E-state index in [9.17, 15) is 5.11 Å². The van der Waals surface area contributed by atoms with Crippen molar-refractivity contribution in [2.45, 2.75) is 56.7 Å². The highest BCUT2D eigenvalue weighted by molar-refractivity contribution is 7.82. The van der Waals surface area contributed by atoms with E-state index in [-0.39, 0.29) is 10.8 Å². The van der Waals surface area contributed by atoms with Gasteiger partial charge in [0.25, 0.3) is 0 Å². The summed E-state index contributed by atoms with van der Waals surface area (Å²) < 4.78 is 0.535. The molecule has 0 saturated heterocycles. The second-order valence-corrected chi connectivity index (χ2v) is 8.92. The Balaban J connectivity index is 2.74. The zero-order chi connectivity index (χ0) is 16.0. The molecule has 0 amide bonds. The van der Waals surface area contributed by atoms with Crippen LogP contribution in [0.2, 0.25) is 0 Å². The standard InChI is InChI=1S/C16H21N2OS2/c1-15(2,3)10-7-9(13-17-18-14(20)21-13)8-11(12(10)19)16(4,5)6/h7-8,19H,1-6H3. The predicted molar refractivity (Wildman–Crippen MR) is 90.3 cm³/mol. The van der Waals surface area contributed by atoms with Crippen LogP contribution in [0.3, 0.4) is 0 Å². The lowest BCUT2D eigenvalue weighted by Crippen LogP contribution is -2.17. The van der Waals surface area contributed by atoms with Crippen LogP contribution in [-0.4, -0.2) is 15.3 Å². The van der Waals surface area contributed by atoms with Crippen molar-refractivity contribution in [3.05, 3.63) is 23.3 Å². The number of benzene rings is 1. The number of aromatic nitrogens is 2. The molecule has 1 aromatic carbocycles. The fourth-order valence-corrected chi connectivity index (χ4v) is 3.07. The van der Waals surface area contributed by atoms with E-state index in [4.69, 9.17) is 12.6 Å². The minimum absolute atomic E-state index is 0.151. The summed E-state index contributed by atoms with van der Waals surface area (Å²) in [6.45, 7) is 12.6. The summed E-state index contributed by atoms with van der Waals surface area (Å²) in [5, 5.41) is 19.5. The van der Waals surface area contributed by atoms with Gasteiger partial charge in [-0.25, -0.2) is 0 Å². The second-order valence-electron chi connectivity index (χ2n) is 7.29. The van der Waals surface area contributed by atoms with E-state index in [1.54, 1.807) is 0 Å². The highest BCUT2D eigenvalue weighted by Crippen LogP contribution is 2.42. The summed E-state index contributed by atoms with van der Waals surface area (Å²) in [6, 6.07) is 4.00. The van der Waals surface area contributed by atoms with E-state index in [2.05, 4.69) is 51.7 Å². The zero-order valence-corrected chi connectivity index (χ0v) is 14.9. The van der Waals surface area contributed by atoms with Gasteiger partial charge in [-0.05, 0) is 35.6 Å². The summed E-state index contributed by atoms with van der Waals surface area (Å²) in [7, 11) is 0. The molecule has 21 heavy (non-hydrogen) atoms. The van der Waals surface area contributed by atoms with Gasteiger partial charge in [-0.1, -0.05) is 52.9 Å². The Kier molecular flexibility index (Phi) is 4.02. The predicted octanol–water partition coefficient (Wildman–Crippen LogP) is 5.06. The lowest BCUT2D eigenvalue weighted by Gasteiger charge is -2.27. The average molecular weight is 321 g/mol. The molecular weight excluding hydrogens is 300 g/mol. The highest BCUT2D eigenvalue weighted by Gasteiger charge is 2.27. The third kappa shape index (κ3) is 3.35. The fraction of sp³-hybridized carbons (Fsp3) is 0.500. The highest BCUT2D eigenvalue weighted by atomic mass is 32.2. The van der Waals surface area contributed by atoms with Crippen LogP contribution in [0.5, 0.6) is 5.75 Å². The van der Waals surface area contributed by atoms with Gasteiger partial charge in [0.05, 0.1) is 0 Å². The van der Waals surface area contributed by atoms with Gasteiger partial charge in [0, 0.05) is 16.7 Å². The molecule has 1 radical (unpaired) electrons. The van der Waals surface area contributed by atoms with E-state index in [1.165, 1.54) is 11.3 Å². The molecule has 1 aromatic heterocycles. The molecule has 0 aliphatic rings. The lowest BCUT2D eigenvalue weighted by molar-refractivity contribution is 0.423. The van der Waals surface area contributed by atoms with Crippen LogP contribution in [0.4, 0.5) is 0 Å². The first-order valence-corrected chi connectivity index (χ1v) is 8.11. The van der Waals surface area contributed by atoms with Crippen molar-refractivity contribution < 1.29 is 5.11 Å². The van der Waals surface area contributed by atoms with Gasteiger partial charge in [-0.15, -0.1) is 10.2 Å². The van der Waals surface area contributed by atoms with E-state index in [0.29, 0.717) is 10.1 Å². The molecule has 0 fully saturated rings. The van der Waals surface area contributed by atoms with Crippen LogP contribution >= 0.6 is 24.0 Å². The molecule has 0 bridgehead atoms. The zero-order valence-electron chi connectivity index (χ0n) is 13.3.